The van der Waals surface area contributed by atoms with E-state index in [0.29, 0.717) is 29.4 Å². The number of nitrogens with one attached hydrogen (secondary N) is 2. The smallest absolute Gasteiger partial charge is 0.291 e. The minimum Gasteiger partial charge on any atom is -0.355 e. The van der Waals surface area contributed by atoms with Gasteiger partial charge in [0, 0.05) is 35.3 Å². The average Bonchev–Trinajstić information content (AvgIpc) is 3.29. The van der Waals surface area contributed by atoms with Gasteiger partial charge >= 0.3 is 0 Å². The zero-order chi connectivity index (χ0) is 23.3. The van der Waals surface area contributed by atoms with Gasteiger partial charge in [-0.25, -0.2) is 8.42 Å². The number of hydrazine groups is 1. The predicted molar refractivity (Wildman–Crippen MR) is 118 cm³/mol. The summed E-state index contributed by atoms with van der Waals surface area (Å²) < 4.78 is 31.8. The first-order chi connectivity index (χ1) is 15.3. The molecule has 168 valence electrons. The summed E-state index contributed by atoms with van der Waals surface area (Å²) in [6.45, 7) is 4.08. The van der Waals surface area contributed by atoms with Crippen molar-refractivity contribution in [3.63, 3.8) is 0 Å². The van der Waals surface area contributed by atoms with E-state index >= 15 is 0 Å². The lowest BCUT2D eigenvalue weighted by atomic mass is 10.1. The molecule has 0 saturated heterocycles. The highest BCUT2D eigenvalue weighted by atomic mass is 35.5. The molecule has 2 N–H and O–H groups in total. The van der Waals surface area contributed by atoms with Crippen LogP contribution in [0.1, 0.15) is 34.7 Å². The normalized spacial score (nSPS) is 11.4. The zero-order valence-corrected chi connectivity index (χ0v) is 18.9. The van der Waals surface area contributed by atoms with Crippen LogP contribution in [0.3, 0.4) is 0 Å². The van der Waals surface area contributed by atoms with Crippen LogP contribution in [0.15, 0.2) is 64.0 Å². The van der Waals surface area contributed by atoms with Gasteiger partial charge < -0.3 is 4.52 Å². The highest BCUT2D eigenvalue weighted by Crippen LogP contribution is 2.22. The van der Waals surface area contributed by atoms with Crippen LogP contribution in [0.2, 0.25) is 5.02 Å². The van der Waals surface area contributed by atoms with Crippen molar-refractivity contribution in [1.29, 1.82) is 0 Å². The first kappa shape index (κ1) is 23.5. The van der Waals surface area contributed by atoms with Crippen LogP contribution in [0.25, 0.3) is 11.3 Å². The van der Waals surface area contributed by atoms with Crippen LogP contribution in [-0.4, -0.2) is 42.8 Å². The standard InChI is InChI=1S/C21H21ClN4O5S/c1-3-26(4-2)32(29,30)17-7-5-6-15(12-17)20(27)23-24-21(28)18-13-19(31-25-18)14-8-10-16(22)11-9-14/h5-13H,3-4H2,1-2H3,(H,23,27)(H,24,28). The number of carbonyl (C=O) groups excluding carboxylic acids is 2. The highest BCUT2D eigenvalue weighted by molar-refractivity contribution is 7.89. The molecule has 9 nitrogen and oxygen atoms in total. The lowest BCUT2D eigenvalue weighted by Crippen LogP contribution is -2.41. The van der Waals surface area contributed by atoms with Crippen molar-refractivity contribution < 1.29 is 22.5 Å². The molecular formula is C21H21ClN4O5S. The topological polar surface area (TPSA) is 122 Å². The van der Waals surface area contributed by atoms with E-state index in [1.54, 1.807) is 38.1 Å². The van der Waals surface area contributed by atoms with Crippen LogP contribution in [0.4, 0.5) is 0 Å². The van der Waals surface area contributed by atoms with Crippen molar-refractivity contribution in [3.8, 4) is 11.3 Å². The number of hydrogen-bond acceptors (Lipinski definition) is 6. The third-order valence-electron chi connectivity index (χ3n) is 4.60. The maximum atomic E-state index is 12.7. The molecule has 3 rings (SSSR count). The van der Waals surface area contributed by atoms with E-state index < -0.39 is 21.8 Å². The third-order valence-corrected chi connectivity index (χ3v) is 6.90. The number of sulfonamides is 1. The Labute approximate surface area is 190 Å². The molecule has 11 heteroatoms. The average molecular weight is 477 g/mol. The fourth-order valence-corrected chi connectivity index (χ4v) is 4.52. The molecular weight excluding hydrogens is 456 g/mol. The lowest BCUT2D eigenvalue weighted by Gasteiger charge is -2.18. The fourth-order valence-electron chi connectivity index (χ4n) is 2.89. The second-order valence-electron chi connectivity index (χ2n) is 6.61. The molecule has 0 aliphatic rings. The molecule has 0 aliphatic heterocycles. The molecule has 0 aliphatic carbocycles. The number of benzene rings is 2. The summed E-state index contributed by atoms with van der Waals surface area (Å²) in [4.78, 5) is 24.7. The summed E-state index contributed by atoms with van der Waals surface area (Å²) in [5, 5.41) is 4.25. The summed E-state index contributed by atoms with van der Waals surface area (Å²) in [6, 6.07) is 13.8. The number of nitrogens with zero attached hydrogens (tertiary/aromatic N) is 2. The van der Waals surface area contributed by atoms with Crippen LogP contribution >= 0.6 is 11.6 Å². The first-order valence-corrected chi connectivity index (χ1v) is 11.5. The zero-order valence-electron chi connectivity index (χ0n) is 17.3. The van der Waals surface area contributed by atoms with E-state index in [-0.39, 0.29) is 16.2 Å². The van der Waals surface area contributed by atoms with E-state index in [0.717, 1.165) is 0 Å². The summed E-state index contributed by atoms with van der Waals surface area (Å²) in [7, 11) is -3.72. The Hall–Kier alpha value is -3.21. The minimum absolute atomic E-state index is 0.00992. The molecule has 0 saturated carbocycles. The van der Waals surface area contributed by atoms with E-state index in [1.165, 1.54) is 34.6 Å². The van der Waals surface area contributed by atoms with Crippen molar-refractivity contribution >= 4 is 33.4 Å². The Balaban J connectivity index is 1.67. The molecule has 1 aromatic heterocycles. The van der Waals surface area contributed by atoms with Gasteiger partial charge in [0.25, 0.3) is 11.8 Å². The summed E-state index contributed by atoms with van der Waals surface area (Å²) in [6.07, 6.45) is 0. The SMILES string of the molecule is CCN(CC)S(=O)(=O)c1cccc(C(=O)NNC(=O)c2cc(-c3ccc(Cl)cc3)on2)c1. The molecule has 32 heavy (non-hydrogen) atoms. The minimum atomic E-state index is -3.72. The van der Waals surface area contributed by atoms with Crippen molar-refractivity contribution in [2.45, 2.75) is 18.7 Å². The van der Waals surface area contributed by atoms with Crippen molar-refractivity contribution in [2.24, 2.45) is 0 Å². The van der Waals surface area contributed by atoms with Gasteiger partial charge in [0.1, 0.15) is 0 Å². The summed E-state index contributed by atoms with van der Waals surface area (Å²) in [5.74, 6) is -1.03. The van der Waals surface area contributed by atoms with E-state index in [4.69, 9.17) is 16.1 Å². The van der Waals surface area contributed by atoms with Crippen LogP contribution in [0, 0.1) is 0 Å². The number of halogens is 1. The monoisotopic (exact) mass is 476 g/mol. The second kappa shape index (κ2) is 9.94. The number of aromatic nitrogens is 1. The maximum Gasteiger partial charge on any atom is 0.291 e. The van der Waals surface area contributed by atoms with Crippen LogP contribution in [0.5, 0.6) is 0 Å². The molecule has 0 fully saturated rings. The molecule has 0 spiro atoms. The van der Waals surface area contributed by atoms with E-state index in [1.807, 2.05) is 0 Å². The summed E-state index contributed by atoms with van der Waals surface area (Å²) in [5.41, 5.74) is 5.17. The van der Waals surface area contributed by atoms with Crippen molar-refractivity contribution in [1.82, 2.24) is 20.3 Å². The van der Waals surface area contributed by atoms with Gasteiger partial charge in [-0.05, 0) is 42.5 Å². The number of amides is 2. The number of carbonyl (C=O) groups is 2. The largest absolute Gasteiger partial charge is 0.355 e. The van der Waals surface area contributed by atoms with Gasteiger partial charge in [0.2, 0.25) is 10.0 Å². The van der Waals surface area contributed by atoms with Gasteiger partial charge in [-0.2, -0.15) is 4.31 Å². The van der Waals surface area contributed by atoms with Crippen molar-refractivity contribution in [2.75, 3.05) is 13.1 Å². The Morgan fingerprint density at radius 1 is 1.00 bits per heavy atom. The number of rotatable bonds is 7. The first-order valence-electron chi connectivity index (χ1n) is 9.69. The maximum absolute atomic E-state index is 12.7. The molecule has 0 radical (unpaired) electrons. The Morgan fingerprint density at radius 2 is 1.66 bits per heavy atom. The van der Waals surface area contributed by atoms with E-state index in [9.17, 15) is 18.0 Å². The quantitative estimate of drug-likeness (QED) is 0.505. The van der Waals surface area contributed by atoms with Crippen LogP contribution in [-0.2, 0) is 10.0 Å². The molecule has 3 aromatic rings. The van der Waals surface area contributed by atoms with Crippen LogP contribution < -0.4 is 10.9 Å². The van der Waals surface area contributed by atoms with Gasteiger partial charge in [-0.1, -0.05) is 36.7 Å². The summed E-state index contributed by atoms with van der Waals surface area (Å²) >= 11 is 5.85. The van der Waals surface area contributed by atoms with Crippen molar-refractivity contribution in [3.05, 3.63) is 70.9 Å². The predicted octanol–water partition coefficient (Wildman–Crippen LogP) is 3.10. The molecule has 1 heterocycles. The molecule has 0 atom stereocenters. The molecule has 0 unspecified atom stereocenters. The van der Waals surface area contributed by atoms with Gasteiger partial charge in [0.15, 0.2) is 11.5 Å². The van der Waals surface area contributed by atoms with E-state index in [2.05, 4.69) is 16.0 Å². The van der Waals surface area contributed by atoms with Gasteiger partial charge in [0.05, 0.1) is 4.90 Å². The molecule has 2 aromatic carbocycles. The fraction of sp³-hybridized carbons (Fsp3) is 0.190. The lowest BCUT2D eigenvalue weighted by molar-refractivity contribution is 0.0841. The van der Waals surface area contributed by atoms with Gasteiger partial charge in [-0.3, -0.25) is 20.4 Å². The third kappa shape index (κ3) is 5.16. The Kier molecular flexibility index (Phi) is 7.29. The molecule has 2 amide bonds. The van der Waals surface area contributed by atoms with Gasteiger partial charge in [-0.15, -0.1) is 0 Å². The Morgan fingerprint density at radius 3 is 2.31 bits per heavy atom. The second-order valence-corrected chi connectivity index (χ2v) is 8.98. The highest BCUT2D eigenvalue weighted by Gasteiger charge is 2.23. The number of hydrogen-bond donors (Lipinski definition) is 2. The molecule has 0 bridgehead atoms. The Bertz CT molecular complexity index is 1220.